The fourth-order valence-electron chi connectivity index (χ4n) is 2.43. The van der Waals surface area contributed by atoms with Crippen molar-refractivity contribution in [1.82, 2.24) is 5.32 Å². The Morgan fingerprint density at radius 2 is 1.65 bits per heavy atom. The first-order valence-electron chi connectivity index (χ1n) is 8.64. The summed E-state index contributed by atoms with van der Waals surface area (Å²) in [5.41, 5.74) is 0.827. The van der Waals surface area contributed by atoms with Gasteiger partial charge in [-0.3, -0.25) is 4.79 Å². The van der Waals surface area contributed by atoms with E-state index in [-0.39, 0.29) is 18.1 Å². The molecular weight excluding hydrogens is 354 g/mol. The van der Waals surface area contributed by atoms with E-state index < -0.39 is 38.4 Å². The molecule has 0 aliphatic carbocycles. The first-order chi connectivity index (χ1) is 11.8. The number of carboxylic acids is 1. The Morgan fingerprint density at radius 1 is 1.12 bits per heavy atom. The molecule has 0 saturated carbocycles. The number of benzene rings is 1. The summed E-state index contributed by atoms with van der Waals surface area (Å²) in [6.07, 6.45) is 0.229. The number of aliphatic carboxylic acids is 1. The molecule has 1 aromatic carbocycles. The van der Waals surface area contributed by atoms with Crippen molar-refractivity contribution in [2.75, 3.05) is 5.75 Å². The first kappa shape index (κ1) is 22.2. The van der Waals surface area contributed by atoms with E-state index in [0.29, 0.717) is 0 Å². The fourth-order valence-corrected chi connectivity index (χ4v) is 3.72. The maximum absolute atomic E-state index is 12.7. The lowest BCUT2D eigenvalue weighted by molar-refractivity contribution is -0.143. The predicted octanol–water partition coefficient (Wildman–Crippen LogP) is 2.28. The van der Waals surface area contributed by atoms with Gasteiger partial charge in [-0.1, -0.05) is 44.2 Å². The molecule has 0 saturated heterocycles. The standard InChI is InChI=1S/C19H29NO5S/c1-13(2)16(18(22)23)20-17(21)15(11-14-9-7-6-8-10-14)12-26(24,25)19(3,4)5/h6-10,13,15-16H,11-12H2,1-5H3,(H,20,21)(H,22,23). The van der Waals surface area contributed by atoms with Gasteiger partial charge in [0.1, 0.15) is 6.04 Å². The van der Waals surface area contributed by atoms with Gasteiger partial charge in [0.15, 0.2) is 9.84 Å². The van der Waals surface area contributed by atoms with Crippen molar-refractivity contribution in [2.45, 2.75) is 51.8 Å². The minimum atomic E-state index is -3.55. The van der Waals surface area contributed by atoms with Gasteiger partial charge in [-0.05, 0) is 38.7 Å². The van der Waals surface area contributed by atoms with Gasteiger partial charge >= 0.3 is 5.97 Å². The van der Waals surface area contributed by atoms with Crippen LogP contribution in [0.4, 0.5) is 0 Å². The zero-order valence-electron chi connectivity index (χ0n) is 16.0. The van der Waals surface area contributed by atoms with E-state index in [1.165, 1.54) is 0 Å². The van der Waals surface area contributed by atoms with E-state index in [0.717, 1.165) is 5.56 Å². The summed E-state index contributed by atoms with van der Waals surface area (Å²) in [5, 5.41) is 11.8. The Labute approximate surface area is 155 Å². The van der Waals surface area contributed by atoms with Crippen LogP contribution in [0.5, 0.6) is 0 Å². The van der Waals surface area contributed by atoms with Crippen LogP contribution in [0.1, 0.15) is 40.2 Å². The van der Waals surface area contributed by atoms with Gasteiger partial charge in [0, 0.05) is 0 Å². The highest BCUT2D eigenvalue weighted by Crippen LogP contribution is 2.21. The quantitative estimate of drug-likeness (QED) is 0.717. The number of carbonyl (C=O) groups is 2. The Kier molecular flexibility index (Phi) is 7.38. The Hall–Kier alpha value is -1.89. The van der Waals surface area contributed by atoms with E-state index in [1.54, 1.807) is 34.6 Å². The zero-order valence-corrected chi connectivity index (χ0v) is 16.8. The second-order valence-electron chi connectivity index (χ2n) is 7.85. The molecule has 0 aliphatic rings. The van der Waals surface area contributed by atoms with Crippen molar-refractivity contribution >= 4 is 21.7 Å². The lowest BCUT2D eigenvalue weighted by Crippen LogP contribution is -2.49. The molecule has 26 heavy (non-hydrogen) atoms. The fraction of sp³-hybridized carbons (Fsp3) is 0.579. The SMILES string of the molecule is CC(C)C(NC(=O)C(Cc1ccccc1)CS(=O)(=O)C(C)(C)C)C(=O)O. The molecule has 6 nitrogen and oxygen atoms in total. The van der Waals surface area contributed by atoms with Gasteiger partial charge in [-0.15, -0.1) is 0 Å². The monoisotopic (exact) mass is 383 g/mol. The molecule has 2 unspecified atom stereocenters. The van der Waals surface area contributed by atoms with E-state index in [2.05, 4.69) is 5.32 Å². The third-order valence-electron chi connectivity index (χ3n) is 4.28. The highest BCUT2D eigenvalue weighted by atomic mass is 32.2. The zero-order chi connectivity index (χ0) is 20.1. The Balaban J connectivity index is 3.10. The molecule has 1 rings (SSSR count). The van der Waals surface area contributed by atoms with Crippen LogP contribution in [-0.2, 0) is 25.8 Å². The molecule has 7 heteroatoms. The number of amides is 1. The predicted molar refractivity (Wildman–Crippen MR) is 102 cm³/mol. The molecule has 1 aromatic rings. The average Bonchev–Trinajstić information content (AvgIpc) is 2.50. The number of hydrogen-bond acceptors (Lipinski definition) is 4. The van der Waals surface area contributed by atoms with Crippen molar-refractivity contribution < 1.29 is 23.1 Å². The molecule has 0 spiro atoms. The van der Waals surface area contributed by atoms with Crippen LogP contribution in [0.15, 0.2) is 30.3 Å². The van der Waals surface area contributed by atoms with Gasteiger partial charge in [-0.2, -0.15) is 0 Å². The van der Waals surface area contributed by atoms with Gasteiger partial charge in [0.05, 0.1) is 16.4 Å². The van der Waals surface area contributed by atoms with Gasteiger partial charge in [-0.25, -0.2) is 13.2 Å². The number of sulfone groups is 1. The highest BCUT2D eigenvalue weighted by molar-refractivity contribution is 7.92. The summed E-state index contributed by atoms with van der Waals surface area (Å²) in [4.78, 5) is 24.1. The van der Waals surface area contributed by atoms with Crippen LogP contribution < -0.4 is 5.32 Å². The molecule has 1 amide bonds. The van der Waals surface area contributed by atoms with Crippen molar-refractivity contribution in [3.8, 4) is 0 Å². The van der Waals surface area contributed by atoms with Crippen molar-refractivity contribution in [2.24, 2.45) is 11.8 Å². The van der Waals surface area contributed by atoms with E-state index in [9.17, 15) is 23.1 Å². The van der Waals surface area contributed by atoms with Crippen molar-refractivity contribution in [3.05, 3.63) is 35.9 Å². The molecule has 0 fully saturated rings. The van der Waals surface area contributed by atoms with Crippen LogP contribution in [-0.4, -0.2) is 41.9 Å². The first-order valence-corrected chi connectivity index (χ1v) is 10.3. The maximum Gasteiger partial charge on any atom is 0.326 e. The minimum absolute atomic E-state index is 0.229. The molecular formula is C19H29NO5S. The van der Waals surface area contributed by atoms with Gasteiger partial charge < -0.3 is 10.4 Å². The van der Waals surface area contributed by atoms with Crippen LogP contribution in [0.2, 0.25) is 0 Å². The van der Waals surface area contributed by atoms with Crippen molar-refractivity contribution in [3.63, 3.8) is 0 Å². The summed E-state index contributed by atoms with van der Waals surface area (Å²) < 4.78 is 24.2. The van der Waals surface area contributed by atoms with E-state index in [1.807, 2.05) is 30.3 Å². The summed E-state index contributed by atoms with van der Waals surface area (Å²) in [6, 6.07) is 8.05. The average molecular weight is 384 g/mol. The molecule has 2 N–H and O–H groups in total. The molecule has 0 bridgehead atoms. The van der Waals surface area contributed by atoms with Crippen LogP contribution >= 0.6 is 0 Å². The van der Waals surface area contributed by atoms with Crippen LogP contribution in [0, 0.1) is 11.8 Å². The van der Waals surface area contributed by atoms with Crippen molar-refractivity contribution in [1.29, 1.82) is 0 Å². The normalized spacial score (nSPS) is 14.7. The van der Waals surface area contributed by atoms with Crippen LogP contribution in [0.3, 0.4) is 0 Å². The minimum Gasteiger partial charge on any atom is -0.480 e. The number of carbonyl (C=O) groups excluding carboxylic acids is 1. The highest BCUT2D eigenvalue weighted by Gasteiger charge is 2.36. The Bertz CT molecular complexity index is 720. The van der Waals surface area contributed by atoms with Gasteiger partial charge in [0.25, 0.3) is 0 Å². The van der Waals surface area contributed by atoms with E-state index in [4.69, 9.17) is 0 Å². The maximum atomic E-state index is 12.7. The number of hydrogen-bond donors (Lipinski definition) is 2. The molecule has 2 atom stereocenters. The number of rotatable bonds is 8. The lowest BCUT2D eigenvalue weighted by Gasteiger charge is -2.26. The largest absolute Gasteiger partial charge is 0.480 e. The van der Waals surface area contributed by atoms with Gasteiger partial charge in [0.2, 0.25) is 5.91 Å². The summed E-state index contributed by atoms with van der Waals surface area (Å²) in [6.45, 7) is 8.16. The van der Waals surface area contributed by atoms with E-state index >= 15 is 0 Å². The van der Waals surface area contributed by atoms with Crippen LogP contribution in [0.25, 0.3) is 0 Å². The summed E-state index contributed by atoms with van der Waals surface area (Å²) in [7, 11) is -3.55. The number of carboxylic acid groups (broad SMARTS) is 1. The summed E-state index contributed by atoms with van der Waals surface area (Å²) >= 11 is 0. The Morgan fingerprint density at radius 3 is 2.08 bits per heavy atom. The molecule has 0 radical (unpaired) electrons. The molecule has 146 valence electrons. The summed E-state index contributed by atoms with van der Waals surface area (Å²) in [5.74, 6) is -3.19. The molecule has 0 aromatic heterocycles. The third kappa shape index (κ3) is 6.12. The lowest BCUT2D eigenvalue weighted by atomic mass is 9.98. The second-order valence-corrected chi connectivity index (χ2v) is 10.6. The second kappa shape index (κ2) is 8.66. The number of nitrogens with one attached hydrogen (secondary N) is 1. The third-order valence-corrected chi connectivity index (χ3v) is 6.99. The molecule has 0 heterocycles. The topological polar surface area (TPSA) is 101 Å². The molecule has 0 aliphatic heterocycles. The smallest absolute Gasteiger partial charge is 0.326 e.